The standard InChI is InChI=1S/C13H20N4O2S/c1-17(2)20(18,19)12-7-4-3-6-11(12)10-16-13-14-8-5-9-15-13/h3-4,6-7H,5,8-10H2,1-2H3,(H2,14,15,16). The molecule has 1 aromatic rings. The lowest BCUT2D eigenvalue weighted by Gasteiger charge is -2.18. The minimum absolute atomic E-state index is 0.328. The van der Waals surface area contributed by atoms with E-state index in [4.69, 9.17) is 0 Å². The second-order valence-corrected chi connectivity index (χ2v) is 6.88. The first-order chi connectivity index (χ1) is 9.51. The molecule has 0 saturated heterocycles. The quantitative estimate of drug-likeness (QED) is 0.842. The van der Waals surface area contributed by atoms with Crippen LogP contribution in [-0.4, -0.2) is 45.9 Å². The van der Waals surface area contributed by atoms with Crippen molar-refractivity contribution in [2.75, 3.05) is 27.2 Å². The molecule has 1 aliphatic rings. The molecule has 0 saturated carbocycles. The van der Waals surface area contributed by atoms with Crippen LogP contribution < -0.4 is 10.6 Å². The molecule has 0 amide bonds. The average molecular weight is 296 g/mol. The Morgan fingerprint density at radius 1 is 1.35 bits per heavy atom. The number of hydrogen-bond acceptors (Lipinski definition) is 5. The molecule has 110 valence electrons. The summed E-state index contributed by atoms with van der Waals surface area (Å²) in [6, 6.07) is 7.01. The van der Waals surface area contributed by atoms with Crippen LogP contribution in [0.25, 0.3) is 0 Å². The summed E-state index contributed by atoms with van der Waals surface area (Å²) in [5.74, 6) is 0.730. The number of guanidine groups is 1. The van der Waals surface area contributed by atoms with Gasteiger partial charge in [0.25, 0.3) is 0 Å². The van der Waals surface area contributed by atoms with Crippen LogP contribution in [0.1, 0.15) is 12.0 Å². The van der Waals surface area contributed by atoms with Gasteiger partial charge in [-0.25, -0.2) is 12.7 Å². The van der Waals surface area contributed by atoms with Crippen molar-refractivity contribution in [3.05, 3.63) is 29.8 Å². The summed E-state index contributed by atoms with van der Waals surface area (Å²) in [6.07, 6.45) is 1.02. The topological polar surface area (TPSA) is 73.8 Å². The largest absolute Gasteiger partial charge is 0.356 e. The van der Waals surface area contributed by atoms with Crippen molar-refractivity contribution < 1.29 is 8.42 Å². The summed E-state index contributed by atoms with van der Waals surface area (Å²) < 4.78 is 25.7. The Labute approximate surface area is 119 Å². The Bertz CT molecular complexity index is 596. The van der Waals surface area contributed by atoms with Crippen molar-refractivity contribution in [1.29, 1.82) is 0 Å². The third kappa shape index (κ3) is 3.29. The van der Waals surface area contributed by atoms with Crippen LogP contribution in [0.2, 0.25) is 0 Å². The van der Waals surface area contributed by atoms with Crippen LogP contribution >= 0.6 is 0 Å². The molecule has 0 fully saturated rings. The SMILES string of the molecule is CN(C)S(=O)(=O)c1ccccc1CNC1=NCCCN1. The van der Waals surface area contributed by atoms with Gasteiger partial charge < -0.3 is 10.6 Å². The van der Waals surface area contributed by atoms with Gasteiger partial charge in [0, 0.05) is 33.7 Å². The van der Waals surface area contributed by atoms with Crippen molar-refractivity contribution in [3.63, 3.8) is 0 Å². The van der Waals surface area contributed by atoms with Crippen LogP contribution in [0, 0.1) is 0 Å². The molecule has 1 aromatic carbocycles. The van der Waals surface area contributed by atoms with E-state index in [0.29, 0.717) is 11.4 Å². The number of benzene rings is 1. The third-order valence-electron chi connectivity index (χ3n) is 3.07. The molecular formula is C13H20N4O2S. The van der Waals surface area contributed by atoms with Crippen LogP contribution in [0.3, 0.4) is 0 Å². The zero-order chi connectivity index (χ0) is 14.6. The van der Waals surface area contributed by atoms with Crippen LogP contribution in [0.15, 0.2) is 34.2 Å². The van der Waals surface area contributed by atoms with Gasteiger partial charge >= 0.3 is 0 Å². The lowest BCUT2D eigenvalue weighted by molar-refractivity contribution is 0.519. The second kappa shape index (κ2) is 6.23. The first-order valence-electron chi connectivity index (χ1n) is 6.54. The van der Waals surface area contributed by atoms with Crippen LogP contribution in [-0.2, 0) is 16.6 Å². The number of nitrogens with one attached hydrogen (secondary N) is 2. The maximum absolute atomic E-state index is 12.3. The third-order valence-corrected chi connectivity index (χ3v) is 4.99. The lowest BCUT2D eigenvalue weighted by Crippen LogP contribution is -2.40. The highest BCUT2D eigenvalue weighted by atomic mass is 32.2. The van der Waals surface area contributed by atoms with E-state index in [-0.39, 0.29) is 0 Å². The maximum Gasteiger partial charge on any atom is 0.242 e. The molecule has 2 N–H and O–H groups in total. The van der Waals surface area contributed by atoms with Gasteiger partial charge in [-0.2, -0.15) is 0 Å². The molecule has 0 bridgehead atoms. The van der Waals surface area contributed by atoms with Crippen molar-refractivity contribution in [2.24, 2.45) is 4.99 Å². The second-order valence-electron chi connectivity index (χ2n) is 4.76. The Balaban J connectivity index is 2.18. The molecule has 2 rings (SSSR count). The van der Waals surface area contributed by atoms with E-state index >= 15 is 0 Å². The van der Waals surface area contributed by atoms with Crippen LogP contribution in [0.4, 0.5) is 0 Å². The highest BCUT2D eigenvalue weighted by Gasteiger charge is 2.20. The van der Waals surface area contributed by atoms with Crippen LogP contribution in [0.5, 0.6) is 0 Å². The number of sulfonamides is 1. The summed E-state index contributed by atoms with van der Waals surface area (Å²) in [4.78, 5) is 4.63. The maximum atomic E-state index is 12.3. The summed E-state index contributed by atoms with van der Waals surface area (Å²) in [5, 5.41) is 6.29. The molecule has 7 heteroatoms. The van der Waals surface area contributed by atoms with Gasteiger partial charge in [-0.05, 0) is 18.1 Å². The monoisotopic (exact) mass is 296 g/mol. The summed E-state index contributed by atoms with van der Waals surface area (Å²) >= 11 is 0. The molecular weight excluding hydrogens is 276 g/mol. The molecule has 0 atom stereocenters. The van der Waals surface area contributed by atoms with Crippen molar-refractivity contribution in [1.82, 2.24) is 14.9 Å². The predicted molar refractivity (Wildman–Crippen MR) is 79.1 cm³/mol. The molecule has 0 aromatic heterocycles. The van der Waals surface area contributed by atoms with E-state index in [0.717, 1.165) is 31.0 Å². The normalized spacial score (nSPS) is 15.7. The smallest absolute Gasteiger partial charge is 0.242 e. The van der Waals surface area contributed by atoms with E-state index in [1.807, 2.05) is 12.1 Å². The molecule has 0 unspecified atom stereocenters. The molecule has 6 nitrogen and oxygen atoms in total. The highest BCUT2D eigenvalue weighted by molar-refractivity contribution is 7.89. The number of aliphatic imine (C=N–C) groups is 1. The summed E-state index contributed by atoms with van der Waals surface area (Å²) in [5.41, 5.74) is 0.733. The first-order valence-corrected chi connectivity index (χ1v) is 7.98. The predicted octanol–water partition coefficient (Wildman–Crippen LogP) is 0.376. The van der Waals surface area contributed by atoms with E-state index in [9.17, 15) is 8.42 Å². The number of hydrogen-bond donors (Lipinski definition) is 2. The van der Waals surface area contributed by atoms with E-state index in [1.165, 1.54) is 18.4 Å². The Kier molecular flexibility index (Phi) is 4.61. The molecule has 1 heterocycles. The Morgan fingerprint density at radius 3 is 2.75 bits per heavy atom. The Morgan fingerprint density at radius 2 is 2.10 bits per heavy atom. The van der Waals surface area contributed by atoms with E-state index < -0.39 is 10.0 Å². The molecule has 0 spiro atoms. The van der Waals surface area contributed by atoms with Gasteiger partial charge in [-0.15, -0.1) is 0 Å². The minimum Gasteiger partial charge on any atom is -0.356 e. The molecule has 1 aliphatic heterocycles. The highest BCUT2D eigenvalue weighted by Crippen LogP contribution is 2.18. The fourth-order valence-electron chi connectivity index (χ4n) is 1.93. The Hall–Kier alpha value is -1.60. The number of nitrogens with zero attached hydrogens (tertiary/aromatic N) is 2. The minimum atomic E-state index is -3.43. The zero-order valence-corrected chi connectivity index (χ0v) is 12.6. The van der Waals surface area contributed by atoms with Crippen molar-refractivity contribution in [2.45, 2.75) is 17.9 Å². The van der Waals surface area contributed by atoms with Crippen molar-refractivity contribution in [3.8, 4) is 0 Å². The fraction of sp³-hybridized carbons (Fsp3) is 0.462. The summed E-state index contributed by atoms with van der Waals surface area (Å²) in [7, 11) is -0.359. The first kappa shape index (κ1) is 14.8. The zero-order valence-electron chi connectivity index (χ0n) is 11.8. The van der Waals surface area contributed by atoms with Crippen molar-refractivity contribution >= 4 is 16.0 Å². The molecule has 0 aliphatic carbocycles. The molecule has 0 radical (unpaired) electrons. The van der Waals surface area contributed by atoms with E-state index in [1.54, 1.807) is 12.1 Å². The number of rotatable bonds is 4. The van der Waals surface area contributed by atoms with Gasteiger partial charge in [0.15, 0.2) is 5.96 Å². The van der Waals surface area contributed by atoms with Gasteiger partial charge in [-0.3, -0.25) is 4.99 Å². The summed E-state index contributed by atoms with van der Waals surface area (Å²) in [6.45, 7) is 2.12. The van der Waals surface area contributed by atoms with Gasteiger partial charge in [-0.1, -0.05) is 18.2 Å². The van der Waals surface area contributed by atoms with Gasteiger partial charge in [0.2, 0.25) is 10.0 Å². The van der Waals surface area contributed by atoms with E-state index in [2.05, 4.69) is 15.6 Å². The average Bonchev–Trinajstić information content (AvgIpc) is 2.46. The fourth-order valence-corrected chi connectivity index (χ4v) is 3.04. The van der Waals surface area contributed by atoms with Gasteiger partial charge in [0.05, 0.1) is 4.90 Å². The lowest BCUT2D eigenvalue weighted by atomic mass is 10.2. The van der Waals surface area contributed by atoms with Gasteiger partial charge in [0.1, 0.15) is 0 Å². The molecule has 20 heavy (non-hydrogen) atoms.